The van der Waals surface area contributed by atoms with Crippen molar-refractivity contribution in [1.82, 2.24) is 15.0 Å². The number of fused-ring (bicyclic) bond motifs is 1. The first kappa shape index (κ1) is 18.6. The van der Waals surface area contributed by atoms with E-state index in [0.29, 0.717) is 11.6 Å². The SMILES string of the molecule is C#CCCCCNc1ncc2cc(-c3cc(N)c(F)cc3C)c(C)nc2n1. The van der Waals surface area contributed by atoms with Crippen LogP contribution in [0.3, 0.4) is 0 Å². The smallest absolute Gasteiger partial charge is 0.224 e. The predicted molar refractivity (Wildman–Crippen MR) is 108 cm³/mol. The highest BCUT2D eigenvalue weighted by Gasteiger charge is 2.12. The first-order valence-corrected chi connectivity index (χ1v) is 8.87. The van der Waals surface area contributed by atoms with E-state index in [1.165, 1.54) is 6.07 Å². The molecule has 0 aliphatic heterocycles. The molecule has 0 fully saturated rings. The molecule has 3 N–H and O–H groups in total. The summed E-state index contributed by atoms with van der Waals surface area (Å²) in [7, 11) is 0. The number of pyridine rings is 1. The number of hydrogen-bond acceptors (Lipinski definition) is 5. The van der Waals surface area contributed by atoms with Gasteiger partial charge in [-0.2, -0.15) is 4.98 Å². The molecule has 3 rings (SSSR count). The van der Waals surface area contributed by atoms with Gasteiger partial charge in [0.2, 0.25) is 5.95 Å². The fourth-order valence-corrected chi connectivity index (χ4v) is 2.94. The molecule has 0 unspecified atom stereocenters. The van der Waals surface area contributed by atoms with Crippen LogP contribution in [0.25, 0.3) is 22.2 Å². The van der Waals surface area contributed by atoms with Crippen molar-refractivity contribution in [3.63, 3.8) is 0 Å². The predicted octanol–water partition coefficient (Wildman–Crippen LogP) is 4.25. The first-order valence-electron chi connectivity index (χ1n) is 8.87. The summed E-state index contributed by atoms with van der Waals surface area (Å²) in [6, 6.07) is 5.06. The van der Waals surface area contributed by atoms with Crippen LogP contribution in [0.1, 0.15) is 30.5 Å². The molecule has 0 bridgehead atoms. The second kappa shape index (κ2) is 8.00. The molecule has 0 aliphatic rings. The number of nitrogens with zero attached hydrogens (tertiary/aromatic N) is 3. The second-order valence-electron chi connectivity index (χ2n) is 6.50. The molecule has 2 heterocycles. The van der Waals surface area contributed by atoms with Gasteiger partial charge >= 0.3 is 0 Å². The molecule has 0 atom stereocenters. The van der Waals surface area contributed by atoms with Crippen LogP contribution in [-0.2, 0) is 0 Å². The first-order chi connectivity index (χ1) is 13.0. The summed E-state index contributed by atoms with van der Waals surface area (Å²) in [4.78, 5) is 13.5. The molecule has 1 aromatic carbocycles. The largest absolute Gasteiger partial charge is 0.396 e. The number of terminal acetylenes is 1. The lowest BCUT2D eigenvalue weighted by atomic mass is 9.98. The summed E-state index contributed by atoms with van der Waals surface area (Å²) in [5.74, 6) is 2.76. The third-order valence-corrected chi connectivity index (χ3v) is 4.42. The molecule has 0 radical (unpaired) electrons. The van der Waals surface area contributed by atoms with Crippen molar-refractivity contribution in [1.29, 1.82) is 0 Å². The van der Waals surface area contributed by atoms with Gasteiger partial charge in [-0.25, -0.2) is 14.4 Å². The van der Waals surface area contributed by atoms with E-state index in [1.54, 1.807) is 12.3 Å². The van der Waals surface area contributed by atoms with Gasteiger partial charge in [0.15, 0.2) is 5.65 Å². The molecular formula is C21H22FN5. The third kappa shape index (κ3) is 4.14. The minimum Gasteiger partial charge on any atom is -0.396 e. The number of nitrogens with two attached hydrogens (primary N) is 1. The van der Waals surface area contributed by atoms with Gasteiger partial charge < -0.3 is 11.1 Å². The van der Waals surface area contributed by atoms with Gasteiger partial charge in [-0.05, 0) is 56.0 Å². The van der Waals surface area contributed by atoms with E-state index >= 15 is 0 Å². The zero-order valence-electron chi connectivity index (χ0n) is 15.5. The summed E-state index contributed by atoms with van der Waals surface area (Å²) in [6.45, 7) is 4.52. The summed E-state index contributed by atoms with van der Waals surface area (Å²) in [6.07, 6.45) is 9.69. The molecule has 27 heavy (non-hydrogen) atoms. The van der Waals surface area contributed by atoms with Gasteiger partial charge in [-0.3, -0.25) is 0 Å². The Bertz CT molecular complexity index is 1020. The van der Waals surface area contributed by atoms with Crippen molar-refractivity contribution in [2.75, 3.05) is 17.6 Å². The third-order valence-electron chi connectivity index (χ3n) is 4.42. The van der Waals surface area contributed by atoms with Gasteiger partial charge in [0.25, 0.3) is 0 Å². The standard InChI is InChI=1S/C21H22FN5/c1-4-5-6-7-8-24-21-25-12-15-10-17(14(3)26-20(15)27-21)16-11-19(23)18(22)9-13(16)2/h1,9-12H,5-8,23H2,2-3H3,(H,24,25,26,27). The summed E-state index contributed by atoms with van der Waals surface area (Å²) in [5, 5.41) is 4.01. The van der Waals surface area contributed by atoms with Gasteiger partial charge in [-0.1, -0.05) is 0 Å². The normalized spacial score (nSPS) is 10.7. The Balaban J connectivity index is 1.88. The zero-order valence-corrected chi connectivity index (χ0v) is 15.5. The van der Waals surface area contributed by atoms with Gasteiger partial charge in [0, 0.05) is 35.8 Å². The van der Waals surface area contributed by atoms with E-state index in [4.69, 9.17) is 12.2 Å². The topological polar surface area (TPSA) is 76.7 Å². The maximum Gasteiger partial charge on any atom is 0.224 e. The van der Waals surface area contributed by atoms with Crippen LogP contribution in [-0.4, -0.2) is 21.5 Å². The number of rotatable bonds is 6. The number of benzene rings is 1. The molecule has 2 aromatic heterocycles. The van der Waals surface area contributed by atoms with Crippen molar-refractivity contribution in [2.45, 2.75) is 33.1 Å². The molecule has 0 saturated heterocycles. The Hall–Kier alpha value is -3.20. The second-order valence-corrected chi connectivity index (χ2v) is 6.50. The highest BCUT2D eigenvalue weighted by Crippen LogP contribution is 2.31. The van der Waals surface area contributed by atoms with Crippen molar-refractivity contribution >= 4 is 22.7 Å². The Kier molecular flexibility index (Phi) is 5.51. The Morgan fingerprint density at radius 3 is 2.74 bits per heavy atom. The van der Waals surface area contributed by atoms with Crippen molar-refractivity contribution in [3.8, 4) is 23.5 Å². The van der Waals surface area contributed by atoms with Crippen LogP contribution >= 0.6 is 0 Å². The van der Waals surface area contributed by atoms with E-state index < -0.39 is 5.82 Å². The van der Waals surface area contributed by atoms with Crippen molar-refractivity contribution < 1.29 is 4.39 Å². The van der Waals surface area contributed by atoms with E-state index in [2.05, 4.69) is 26.2 Å². The fraction of sp³-hybridized carbons (Fsp3) is 0.286. The molecule has 0 spiro atoms. The molecule has 138 valence electrons. The molecule has 0 aliphatic carbocycles. The quantitative estimate of drug-likeness (QED) is 0.389. The van der Waals surface area contributed by atoms with E-state index in [0.717, 1.165) is 53.6 Å². The summed E-state index contributed by atoms with van der Waals surface area (Å²) in [5.41, 5.74) is 9.84. The number of anilines is 2. The maximum atomic E-state index is 13.7. The minimum atomic E-state index is -0.413. The molecule has 3 aromatic rings. The highest BCUT2D eigenvalue weighted by atomic mass is 19.1. The number of nitrogens with one attached hydrogen (secondary N) is 1. The number of aromatic nitrogens is 3. The molecule has 6 heteroatoms. The molecule has 0 saturated carbocycles. The van der Waals surface area contributed by atoms with Crippen LogP contribution in [0, 0.1) is 32.0 Å². The average Bonchev–Trinajstić information content (AvgIpc) is 2.64. The lowest BCUT2D eigenvalue weighted by molar-refractivity contribution is 0.631. The van der Waals surface area contributed by atoms with Crippen molar-refractivity contribution in [3.05, 3.63) is 41.5 Å². The maximum absolute atomic E-state index is 13.7. The van der Waals surface area contributed by atoms with Gasteiger partial charge in [0.05, 0.1) is 5.69 Å². The molecule has 0 amide bonds. The lowest BCUT2D eigenvalue weighted by Gasteiger charge is -2.12. The van der Waals surface area contributed by atoms with Crippen LogP contribution in [0.2, 0.25) is 0 Å². The Morgan fingerprint density at radius 1 is 1.15 bits per heavy atom. The summed E-state index contributed by atoms with van der Waals surface area (Å²) < 4.78 is 13.7. The number of aryl methyl sites for hydroxylation is 2. The summed E-state index contributed by atoms with van der Waals surface area (Å²) >= 11 is 0. The number of nitrogen functional groups attached to an aromatic ring is 1. The highest BCUT2D eigenvalue weighted by molar-refractivity contribution is 5.84. The van der Waals surface area contributed by atoms with Gasteiger partial charge in [-0.15, -0.1) is 12.3 Å². The number of unbranched alkanes of at least 4 members (excludes halogenated alkanes) is 2. The minimum absolute atomic E-state index is 0.121. The van der Waals surface area contributed by atoms with Crippen LogP contribution in [0.4, 0.5) is 16.0 Å². The van der Waals surface area contributed by atoms with E-state index in [9.17, 15) is 4.39 Å². The van der Waals surface area contributed by atoms with E-state index in [-0.39, 0.29) is 5.69 Å². The number of hydrogen-bond donors (Lipinski definition) is 2. The van der Waals surface area contributed by atoms with Gasteiger partial charge in [0.1, 0.15) is 5.82 Å². The molecular weight excluding hydrogens is 341 g/mol. The van der Waals surface area contributed by atoms with E-state index in [1.807, 2.05) is 19.9 Å². The zero-order chi connectivity index (χ0) is 19.4. The average molecular weight is 363 g/mol. The van der Waals surface area contributed by atoms with Crippen molar-refractivity contribution in [2.24, 2.45) is 0 Å². The Morgan fingerprint density at radius 2 is 1.96 bits per heavy atom. The fourth-order valence-electron chi connectivity index (χ4n) is 2.94. The number of halogens is 1. The van der Waals surface area contributed by atoms with Crippen LogP contribution in [0.5, 0.6) is 0 Å². The molecule has 5 nitrogen and oxygen atoms in total. The Labute approximate surface area is 158 Å². The monoisotopic (exact) mass is 363 g/mol. The van der Waals surface area contributed by atoms with Crippen LogP contribution in [0.15, 0.2) is 24.4 Å². The van der Waals surface area contributed by atoms with Crippen LogP contribution < -0.4 is 11.1 Å². The lowest BCUT2D eigenvalue weighted by Crippen LogP contribution is -2.06.